The van der Waals surface area contributed by atoms with Gasteiger partial charge in [0.05, 0.1) is 11.7 Å². The van der Waals surface area contributed by atoms with E-state index in [-0.39, 0.29) is 5.60 Å². The molecule has 0 aromatic carbocycles. The molecule has 0 spiro atoms. The van der Waals surface area contributed by atoms with Crippen molar-refractivity contribution in [2.24, 2.45) is 0 Å². The van der Waals surface area contributed by atoms with Crippen molar-refractivity contribution in [2.75, 3.05) is 0 Å². The van der Waals surface area contributed by atoms with Gasteiger partial charge in [0.25, 0.3) is 0 Å². The second-order valence-electron chi connectivity index (χ2n) is 3.78. The molecule has 0 aromatic rings. The lowest BCUT2D eigenvalue weighted by atomic mass is 9.95. The maximum Gasteiger partial charge on any atom is 0.0602 e. The monoisotopic (exact) mass is 128 g/mol. The molecule has 1 aliphatic carbocycles. The molecule has 0 N–H and O–H groups in total. The zero-order valence-corrected chi connectivity index (χ0v) is 6.61. The second-order valence-corrected chi connectivity index (χ2v) is 3.78. The first-order valence-electron chi connectivity index (χ1n) is 3.76. The number of hydrogen-bond donors (Lipinski definition) is 0. The van der Waals surface area contributed by atoms with Gasteiger partial charge in [0.2, 0.25) is 0 Å². The van der Waals surface area contributed by atoms with Gasteiger partial charge in [-0.25, -0.2) is 0 Å². The molecule has 0 bridgehead atoms. The molecular formula is C8H16O. The van der Waals surface area contributed by atoms with Crippen LogP contribution in [0.4, 0.5) is 0 Å². The summed E-state index contributed by atoms with van der Waals surface area (Å²) >= 11 is 0. The summed E-state index contributed by atoms with van der Waals surface area (Å²) in [4.78, 5) is 0. The Hall–Kier alpha value is -0.0400. The van der Waals surface area contributed by atoms with Crippen LogP contribution in [0.25, 0.3) is 0 Å². The van der Waals surface area contributed by atoms with Crippen LogP contribution in [0.2, 0.25) is 0 Å². The summed E-state index contributed by atoms with van der Waals surface area (Å²) in [7, 11) is 0. The van der Waals surface area contributed by atoms with Crippen LogP contribution in [0.1, 0.15) is 40.0 Å². The lowest BCUT2D eigenvalue weighted by Crippen LogP contribution is -2.31. The molecule has 1 heteroatoms. The van der Waals surface area contributed by atoms with E-state index in [0.29, 0.717) is 6.10 Å². The average Bonchev–Trinajstić information content (AvgIpc) is 1.53. The van der Waals surface area contributed by atoms with Gasteiger partial charge < -0.3 is 4.74 Å². The summed E-state index contributed by atoms with van der Waals surface area (Å²) in [5.74, 6) is 0. The molecule has 1 aliphatic rings. The van der Waals surface area contributed by atoms with E-state index in [1.54, 1.807) is 0 Å². The molecule has 1 nitrogen and oxygen atoms in total. The minimum Gasteiger partial charge on any atom is -0.373 e. The Bertz CT molecular complexity index is 87.2. The third-order valence-electron chi connectivity index (χ3n) is 1.57. The molecule has 0 atom stereocenters. The fourth-order valence-electron chi connectivity index (χ4n) is 0.989. The zero-order valence-electron chi connectivity index (χ0n) is 6.61. The Morgan fingerprint density at radius 3 is 1.89 bits per heavy atom. The van der Waals surface area contributed by atoms with Crippen LogP contribution in [0.5, 0.6) is 0 Å². The predicted octanol–water partition coefficient (Wildman–Crippen LogP) is 2.35. The Morgan fingerprint density at radius 2 is 1.78 bits per heavy atom. The Labute approximate surface area is 57.4 Å². The van der Waals surface area contributed by atoms with Crippen LogP contribution in [0.15, 0.2) is 0 Å². The third-order valence-corrected chi connectivity index (χ3v) is 1.57. The highest BCUT2D eigenvalue weighted by Gasteiger charge is 2.23. The lowest BCUT2D eigenvalue weighted by molar-refractivity contribution is -0.0916. The highest BCUT2D eigenvalue weighted by Crippen LogP contribution is 2.26. The van der Waals surface area contributed by atoms with Gasteiger partial charge in [0, 0.05) is 0 Å². The van der Waals surface area contributed by atoms with Crippen molar-refractivity contribution in [1.82, 2.24) is 0 Å². The molecular weight excluding hydrogens is 112 g/mol. The molecule has 0 heterocycles. The first kappa shape index (κ1) is 7.07. The Balaban J connectivity index is 2.16. The van der Waals surface area contributed by atoms with E-state index >= 15 is 0 Å². The largest absolute Gasteiger partial charge is 0.373 e. The van der Waals surface area contributed by atoms with Gasteiger partial charge in [0.1, 0.15) is 0 Å². The maximum absolute atomic E-state index is 5.67. The molecule has 0 aromatic heterocycles. The first-order valence-corrected chi connectivity index (χ1v) is 3.76. The Morgan fingerprint density at radius 1 is 1.22 bits per heavy atom. The van der Waals surface area contributed by atoms with Crippen molar-refractivity contribution < 1.29 is 4.74 Å². The number of hydrogen-bond acceptors (Lipinski definition) is 1. The molecule has 1 fully saturated rings. The van der Waals surface area contributed by atoms with Gasteiger partial charge in [0.15, 0.2) is 0 Å². The van der Waals surface area contributed by atoms with E-state index in [4.69, 9.17) is 4.74 Å². The van der Waals surface area contributed by atoms with Crippen molar-refractivity contribution >= 4 is 0 Å². The minimum absolute atomic E-state index is 0.0745. The van der Waals surface area contributed by atoms with E-state index in [2.05, 4.69) is 20.8 Å². The van der Waals surface area contributed by atoms with Crippen molar-refractivity contribution in [2.45, 2.75) is 51.7 Å². The van der Waals surface area contributed by atoms with Crippen LogP contribution in [0.3, 0.4) is 0 Å². The van der Waals surface area contributed by atoms with Crippen molar-refractivity contribution in [3.05, 3.63) is 0 Å². The molecule has 0 radical (unpaired) electrons. The van der Waals surface area contributed by atoms with E-state index in [0.717, 1.165) is 0 Å². The van der Waals surface area contributed by atoms with Gasteiger partial charge in [-0.15, -0.1) is 0 Å². The maximum atomic E-state index is 5.67. The van der Waals surface area contributed by atoms with Crippen LogP contribution >= 0.6 is 0 Å². The molecule has 0 unspecified atom stereocenters. The van der Waals surface area contributed by atoms with Crippen LogP contribution in [0, 0.1) is 0 Å². The normalized spacial score (nSPS) is 21.7. The molecule has 0 amide bonds. The molecule has 1 saturated carbocycles. The zero-order chi connectivity index (χ0) is 6.91. The van der Waals surface area contributed by atoms with Gasteiger partial charge >= 0.3 is 0 Å². The quantitative estimate of drug-likeness (QED) is 0.526. The molecule has 0 aliphatic heterocycles. The number of rotatable bonds is 1. The summed E-state index contributed by atoms with van der Waals surface area (Å²) in [6, 6.07) is 0. The summed E-state index contributed by atoms with van der Waals surface area (Å²) in [6.07, 6.45) is 4.49. The molecule has 1 rings (SSSR count). The van der Waals surface area contributed by atoms with E-state index < -0.39 is 0 Å². The highest BCUT2D eigenvalue weighted by atomic mass is 16.5. The van der Waals surface area contributed by atoms with Crippen molar-refractivity contribution in [1.29, 1.82) is 0 Å². The molecule has 0 saturated heterocycles. The predicted molar refractivity (Wildman–Crippen MR) is 38.5 cm³/mol. The minimum atomic E-state index is 0.0745. The van der Waals surface area contributed by atoms with Crippen molar-refractivity contribution in [3.8, 4) is 0 Å². The summed E-state index contributed by atoms with van der Waals surface area (Å²) in [5.41, 5.74) is 0.0745. The van der Waals surface area contributed by atoms with Gasteiger partial charge in [-0.05, 0) is 40.0 Å². The van der Waals surface area contributed by atoms with Crippen LogP contribution in [-0.4, -0.2) is 11.7 Å². The van der Waals surface area contributed by atoms with Gasteiger partial charge in [-0.3, -0.25) is 0 Å². The smallest absolute Gasteiger partial charge is 0.0602 e. The van der Waals surface area contributed by atoms with E-state index in [1.807, 2.05) is 0 Å². The van der Waals surface area contributed by atoms with E-state index in [9.17, 15) is 0 Å². The van der Waals surface area contributed by atoms with Gasteiger partial charge in [-0.1, -0.05) is 0 Å². The SMILES string of the molecule is CC(C)(C)OC1CCC1. The Kier molecular flexibility index (Phi) is 1.80. The summed E-state index contributed by atoms with van der Waals surface area (Å²) < 4.78 is 5.67. The third kappa shape index (κ3) is 2.35. The topological polar surface area (TPSA) is 9.23 Å². The summed E-state index contributed by atoms with van der Waals surface area (Å²) in [5, 5.41) is 0. The molecule has 9 heavy (non-hydrogen) atoms. The van der Waals surface area contributed by atoms with Gasteiger partial charge in [-0.2, -0.15) is 0 Å². The summed E-state index contributed by atoms with van der Waals surface area (Å²) in [6.45, 7) is 6.35. The van der Waals surface area contributed by atoms with Crippen LogP contribution in [-0.2, 0) is 4.74 Å². The standard InChI is InChI=1S/C8H16O/c1-8(2,3)9-7-5-4-6-7/h7H,4-6H2,1-3H3. The lowest BCUT2D eigenvalue weighted by Gasteiger charge is -2.32. The van der Waals surface area contributed by atoms with Crippen molar-refractivity contribution in [3.63, 3.8) is 0 Å². The second kappa shape index (κ2) is 2.30. The average molecular weight is 128 g/mol. The fourth-order valence-corrected chi connectivity index (χ4v) is 0.989. The van der Waals surface area contributed by atoms with Crippen LogP contribution < -0.4 is 0 Å². The first-order chi connectivity index (χ1) is 4.08. The fraction of sp³-hybridized carbons (Fsp3) is 1.00. The molecule has 54 valence electrons. The number of ether oxygens (including phenoxy) is 1. The van der Waals surface area contributed by atoms with E-state index in [1.165, 1.54) is 19.3 Å². The highest BCUT2D eigenvalue weighted by molar-refractivity contribution is 4.73.